The van der Waals surface area contributed by atoms with Crippen molar-refractivity contribution in [2.45, 2.75) is 33.2 Å². The summed E-state index contributed by atoms with van der Waals surface area (Å²) in [5.74, 6) is -0.998. The van der Waals surface area contributed by atoms with Gasteiger partial charge in [-0.05, 0) is 27.2 Å². The molecule has 0 radical (unpaired) electrons. The van der Waals surface area contributed by atoms with E-state index in [1.807, 2.05) is 20.8 Å². The number of sulfonamides is 1. The second kappa shape index (κ2) is 11.6. The van der Waals surface area contributed by atoms with Crippen molar-refractivity contribution in [2.24, 2.45) is 0 Å². The third kappa shape index (κ3) is 8.06. The highest BCUT2D eigenvalue weighted by atomic mass is 32.2. The summed E-state index contributed by atoms with van der Waals surface area (Å²) in [6.07, 6.45) is 0.505. The van der Waals surface area contributed by atoms with Crippen molar-refractivity contribution in [3.8, 4) is 0 Å². The number of benzene rings is 1. The van der Waals surface area contributed by atoms with Gasteiger partial charge in [-0.15, -0.1) is 0 Å². The Morgan fingerprint density at radius 2 is 1.54 bits per heavy atom. The second-order valence-electron chi connectivity index (χ2n) is 5.53. The number of ketones is 1. The molecule has 9 heteroatoms. The molecule has 0 amide bonds. The number of rotatable bonds is 14. The molecule has 0 unspecified atom stereocenters. The van der Waals surface area contributed by atoms with Gasteiger partial charge in [0, 0.05) is 38.0 Å². The van der Waals surface area contributed by atoms with E-state index in [0.717, 1.165) is 0 Å². The summed E-state index contributed by atoms with van der Waals surface area (Å²) in [5, 5.41) is 0. The third-order valence-electron chi connectivity index (χ3n) is 3.49. The molecule has 0 aliphatic carbocycles. The van der Waals surface area contributed by atoms with Gasteiger partial charge >= 0.3 is 8.80 Å². The van der Waals surface area contributed by atoms with Crippen LogP contribution in [0.2, 0.25) is 6.04 Å². The first-order valence-electron chi connectivity index (χ1n) is 8.85. The van der Waals surface area contributed by atoms with Crippen LogP contribution >= 0.6 is 0 Å². The summed E-state index contributed by atoms with van der Waals surface area (Å²) in [6, 6.07) is 8.89. The van der Waals surface area contributed by atoms with Gasteiger partial charge < -0.3 is 13.3 Å². The molecule has 1 aromatic carbocycles. The molecule has 0 bridgehead atoms. The van der Waals surface area contributed by atoms with E-state index < -0.39 is 30.4 Å². The maximum Gasteiger partial charge on any atom is 0.500 e. The third-order valence-corrected chi connectivity index (χ3v) is 7.93. The Morgan fingerprint density at radius 3 is 2.04 bits per heavy atom. The summed E-state index contributed by atoms with van der Waals surface area (Å²) in [4.78, 5) is 12.0. The normalized spacial score (nSPS) is 12.3. The molecule has 0 saturated heterocycles. The van der Waals surface area contributed by atoms with Crippen LogP contribution < -0.4 is 4.72 Å². The Kier molecular flexibility index (Phi) is 10.2. The lowest BCUT2D eigenvalue weighted by atomic mass is 10.2. The zero-order chi connectivity index (χ0) is 19.5. The van der Waals surface area contributed by atoms with Crippen LogP contribution in [-0.2, 0) is 23.3 Å². The number of hydrogen-bond acceptors (Lipinski definition) is 6. The molecule has 7 nitrogen and oxygen atoms in total. The molecule has 26 heavy (non-hydrogen) atoms. The van der Waals surface area contributed by atoms with Crippen LogP contribution in [0.25, 0.3) is 0 Å². The van der Waals surface area contributed by atoms with Crippen molar-refractivity contribution in [3.63, 3.8) is 0 Å². The minimum atomic E-state index is -3.69. The summed E-state index contributed by atoms with van der Waals surface area (Å²) in [6.45, 7) is 7.25. The molecule has 0 heterocycles. The minimum Gasteiger partial charge on any atom is -0.374 e. The number of carbonyl (C=O) groups is 1. The molecule has 0 fully saturated rings. The molecule has 0 saturated carbocycles. The van der Waals surface area contributed by atoms with Crippen molar-refractivity contribution >= 4 is 24.6 Å². The van der Waals surface area contributed by atoms with Crippen molar-refractivity contribution in [1.82, 2.24) is 4.72 Å². The van der Waals surface area contributed by atoms with E-state index in [2.05, 4.69) is 4.72 Å². The lowest BCUT2D eigenvalue weighted by Gasteiger charge is -2.28. The van der Waals surface area contributed by atoms with E-state index in [1.165, 1.54) is 0 Å². The Labute approximate surface area is 157 Å². The zero-order valence-electron chi connectivity index (χ0n) is 15.7. The first-order chi connectivity index (χ1) is 12.4. The number of hydrogen-bond donors (Lipinski definition) is 1. The van der Waals surface area contributed by atoms with E-state index >= 15 is 0 Å². The van der Waals surface area contributed by atoms with Crippen molar-refractivity contribution in [1.29, 1.82) is 0 Å². The van der Waals surface area contributed by atoms with Gasteiger partial charge in [-0.25, -0.2) is 13.1 Å². The standard InChI is InChI=1S/C17H29NO6SSi/c1-4-22-26(23-5-2,24-6-3)14-10-13-18-25(20,21)15-17(19)16-11-8-7-9-12-16/h7-9,11-12,18H,4-6,10,13-15H2,1-3H3. The van der Waals surface area contributed by atoms with E-state index in [1.54, 1.807) is 30.3 Å². The fourth-order valence-corrected chi connectivity index (χ4v) is 6.15. The molecule has 0 aliphatic heterocycles. The minimum absolute atomic E-state index is 0.201. The molecule has 1 rings (SSSR count). The van der Waals surface area contributed by atoms with Crippen molar-refractivity contribution in [2.75, 3.05) is 32.1 Å². The van der Waals surface area contributed by atoms with Crippen LogP contribution in [0.5, 0.6) is 0 Å². The molecule has 148 valence electrons. The molecule has 0 aromatic heterocycles. The highest BCUT2D eigenvalue weighted by Crippen LogP contribution is 2.17. The lowest BCUT2D eigenvalue weighted by molar-refractivity contribution is 0.0709. The Morgan fingerprint density at radius 1 is 1.00 bits per heavy atom. The van der Waals surface area contributed by atoms with E-state index in [0.29, 0.717) is 37.8 Å². The van der Waals surface area contributed by atoms with Gasteiger partial charge in [0.15, 0.2) is 5.78 Å². The Bertz CT molecular complexity index is 621. The molecule has 0 atom stereocenters. The second-order valence-corrected chi connectivity index (χ2v) is 10.1. The van der Waals surface area contributed by atoms with Crippen LogP contribution in [0.4, 0.5) is 0 Å². The highest BCUT2D eigenvalue weighted by Gasteiger charge is 2.39. The number of carbonyl (C=O) groups excluding carboxylic acids is 1. The molecule has 1 aromatic rings. The average molecular weight is 404 g/mol. The fraction of sp³-hybridized carbons (Fsp3) is 0.588. The van der Waals surface area contributed by atoms with E-state index in [-0.39, 0.29) is 6.54 Å². The van der Waals surface area contributed by atoms with Crippen LogP contribution in [0.15, 0.2) is 30.3 Å². The van der Waals surface area contributed by atoms with Gasteiger partial charge in [0.25, 0.3) is 0 Å². The first kappa shape index (κ1) is 22.9. The fourth-order valence-electron chi connectivity index (χ4n) is 2.46. The average Bonchev–Trinajstić information content (AvgIpc) is 2.60. The maximum absolute atomic E-state index is 12.1. The summed E-state index contributed by atoms with van der Waals surface area (Å²) in [5.41, 5.74) is 0.383. The smallest absolute Gasteiger partial charge is 0.374 e. The number of Topliss-reactive ketones (excluding diaryl/α,β-unsaturated/α-hetero) is 1. The first-order valence-corrected chi connectivity index (χ1v) is 12.4. The SMILES string of the molecule is CCO[Si](CCCNS(=O)(=O)CC(=O)c1ccccc1)(OCC)OCC. The van der Waals surface area contributed by atoms with Gasteiger partial charge in [-0.2, -0.15) is 0 Å². The largest absolute Gasteiger partial charge is 0.500 e. The lowest BCUT2D eigenvalue weighted by Crippen LogP contribution is -2.46. The van der Waals surface area contributed by atoms with Gasteiger partial charge in [0.05, 0.1) is 0 Å². The van der Waals surface area contributed by atoms with Crippen LogP contribution in [0.1, 0.15) is 37.6 Å². The molecular weight excluding hydrogens is 374 g/mol. The summed E-state index contributed by atoms with van der Waals surface area (Å²) >= 11 is 0. The molecular formula is C17H29NO6SSi. The van der Waals surface area contributed by atoms with Crippen LogP contribution in [0, 0.1) is 0 Å². The van der Waals surface area contributed by atoms with Gasteiger partial charge in [0.1, 0.15) is 5.75 Å². The van der Waals surface area contributed by atoms with Gasteiger partial charge in [0.2, 0.25) is 10.0 Å². The predicted octanol–water partition coefficient (Wildman–Crippen LogP) is 2.23. The van der Waals surface area contributed by atoms with Crippen LogP contribution in [-0.4, -0.2) is 55.1 Å². The molecule has 0 spiro atoms. The molecule has 1 N–H and O–H groups in total. The zero-order valence-corrected chi connectivity index (χ0v) is 17.5. The topological polar surface area (TPSA) is 90.9 Å². The van der Waals surface area contributed by atoms with E-state index in [4.69, 9.17) is 13.3 Å². The Balaban J connectivity index is 2.52. The Hall–Kier alpha value is -1.10. The monoisotopic (exact) mass is 403 g/mol. The van der Waals surface area contributed by atoms with Crippen molar-refractivity contribution < 1.29 is 26.5 Å². The van der Waals surface area contributed by atoms with E-state index in [9.17, 15) is 13.2 Å². The maximum atomic E-state index is 12.1. The summed E-state index contributed by atoms with van der Waals surface area (Å²) < 4.78 is 43.9. The van der Waals surface area contributed by atoms with Gasteiger partial charge in [-0.1, -0.05) is 30.3 Å². The predicted molar refractivity (Wildman–Crippen MR) is 103 cm³/mol. The number of nitrogens with one attached hydrogen (secondary N) is 1. The van der Waals surface area contributed by atoms with Crippen LogP contribution in [0.3, 0.4) is 0 Å². The van der Waals surface area contributed by atoms with Gasteiger partial charge in [-0.3, -0.25) is 4.79 Å². The quantitative estimate of drug-likeness (QED) is 0.291. The van der Waals surface area contributed by atoms with Crippen molar-refractivity contribution in [3.05, 3.63) is 35.9 Å². The highest BCUT2D eigenvalue weighted by molar-refractivity contribution is 7.90. The summed E-state index contributed by atoms with van der Waals surface area (Å²) in [7, 11) is -6.47. The molecule has 0 aliphatic rings.